The number of anilines is 1. The first-order valence-corrected chi connectivity index (χ1v) is 11.0. The molecular formula is C28H29N3O2. The third-order valence-corrected chi connectivity index (χ3v) is 5.72. The van der Waals surface area contributed by atoms with Gasteiger partial charge in [-0.1, -0.05) is 54.6 Å². The van der Waals surface area contributed by atoms with Crippen molar-refractivity contribution in [3.8, 4) is 5.75 Å². The maximum atomic E-state index is 13.3. The van der Waals surface area contributed by atoms with Crippen LogP contribution in [0.2, 0.25) is 0 Å². The third-order valence-electron chi connectivity index (χ3n) is 5.72. The van der Waals surface area contributed by atoms with Crippen molar-refractivity contribution in [1.29, 1.82) is 0 Å². The van der Waals surface area contributed by atoms with E-state index in [1.807, 2.05) is 65.6 Å². The predicted octanol–water partition coefficient (Wildman–Crippen LogP) is 6.09. The number of urea groups is 1. The van der Waals surface area contributed by atoms with Gasteiger partial charge in [0.15, 0.2) is 0 Å². The third kappa shape index (κ3) is 5.83. The molecule has 4 rings (SSSR count). The molecule has 5 heteroatoms. The summed E-state index contributed by atoms with van der Waals surface area (Å²) in [7, 11) is 1.63. The first kappa shape index (κ1) is 22.2. The molecule has 0 aliphatic carbocycles. The second-order valence-corrected chi connectivity index (χ2v) is 8.05. The van der Waals surface area contributed by atoms with Crippen LogP contribution in [0.1, 0.15) is 22.4 Å². The van der Waals surface area contributed by atoms with Gasteiger partial charge in [0.1, 0.15) is 5.75 Å². The number of methoxy groups -OCH3 is 1. The summed E-state index contributed by atoms with van der Waals surface area (Å²) in [6.07, 6.45) is 2.07. The molecule has 2 amide bonds. The van der Waals surface area contributed by atoms with Crippen molar-refractivity contribution in [2.45, 2.75) is 26.6 Å². The van der Waals surface area contributed by atoms with Crippen molar-refractivity contribution in [2.24, 2.45) is 0 Å². The summed E-state index contributed by atoms with van der Waals surface area (Å²) in [4.78, 5) is 15.1. The van der Waals surface area contributed by atoms with Crippen LogP contribution in [0.3, 0.4) is 0 Å². The molecule has 1 heterocycles. The lowest BCUT2D eigenvalue weighted by Gasteiger charge is -2.24. The first-order chi connectivity index (χ1) is 16.1. The molecule has 0 unspecified atom stereocenters. The maximum absolute atomic E-state index is 13.3. The molecule has 0 aliphatic heterocycles. The van der Waals surface area contributed by atoms with Gasteiger partial charge in [0.05, 0.1) is 13.7 Å². The minimum absolute atomic E-state index is 0.146. The SMILES string of the molecule is COc1ccc(NC(=O)N(Cc2ccccc2)Cc2cccn2Cc2ccccc2C)cc1. The van der Waals surface area contributed by atoms with Crippen molar-refractivity contribution < 1.29 is 9.53 Å². The van der Waals surface area contributed by atoms with Gasteiger partial charge in [-0.15, -0.1) is 0 Å². The number of nitrogens with zero attached hydrogens (tertiary/aromatic N) is 2. The topological polar surface area (TPSA) is 46.5 Å². The molecule has 0 radical (unpaired) electrons. The van der Waals surface area contributed by atoms with E-state index in [1.54, 1.807) is 7.11 Å². The number of carbonyl (C=O) groups excluding carboxylic acids is 1. The van der Waals surface area contributed by atoms with Crippen molar-refractivity contribution in [3.63, 3.8) is 0 Å². The number of amides is 2. The van der Waals surface area contributed by atoms with E-state index in [9.17, 15) is 4.79 Å². The van der Waals surface area contributed by atoms with Crippen LogP contribution < -0.4 is 10.1 Å². The Morgan fingerprint density at radius 3 is 2.33 bits per heavy atom. The van der Waals surface area contributed by atoms with E-state index >= 15 is 0 Å². The molecule has 1 aromatic heterocycles. The van der Waals surface area contributed by atoms with Crippen LogP contribution in [0.15, 0.2) is 97.2 Å². The zero-order chi connectivity index (χ0) is 23.0. The van der Waals surface area contributed by atoms with Gasteiger partial charge in [0.25, 0.3) is 0 Å². The molecule has 0 spiro atoms. The quantitative estimate of drug-likeness (QED) is 0.361. The highest BCUT2D eigenvalue weighted by Gasteiger charge is 2.17. The van der Waals surface area contributed by atoms with Crippen molar-refractivity contribution in [1.82, 2.24) is 9.47 Å². The van der Waals surface area contributed by atoms with Crippen LogP contribution in [-0.2, 0) is 19.6 Å². The number of benzene rings is 3. The van der Waals surface area contributed by atoms with Crippen LogP contribution in [0, 0.1) is 6.92 Å². The number of aryl methyl sites for hydroxylation is 1. The molecule has 3 aromatic carbocycles. The molecule has 0 bridgehead atoms. The molecule has 0 atom stereocenters. The zero-order valence-electron chi connectivity index (χ0n) is 19.1. The average Bonchev–Trinajstić information content (AvgIpc) is 3.28. The lowest BCUT2D eigenvalue weighted by Crippen LogP contribution is -2.34. The summed E-state index contributed by atoms with van der Waals surface area (Å²) in [6.45, 7) is 3.91. The molecule has 168 valence electrons. The zero-order valence-corrected chi connectivity index (χ0v) is 19.1. The Balaban J connectivity index is 1.54. The maximum Gasteiger partial charge on any atom is 0.322 e. The standard InChI is InChI=1S/C28H29N3O2/c1-22-9-6-7-12-24(22)20-30-18-8-13-26(30)21-31(19-23-10-4-3-5-11-23)28(32)29-25-14-16-27(33-2)17-15-25/h3-18H,19-21H2,1-2H3,(H,29,32). The molecular weight excluding hydrogens is 410 g/mol. The molecule has 0 fully saturated rings. The van der Waals surface area contributed by atoms with Gasteiger partial charge < -0.3 is 19.5 Å². The van der Waals surface area contributed by atoms with Crippen LogP contribution >= 0.6 is 0 Å². The van der Waals surface area contributed by atoms with Gasteiger partial charge in [-0.2, -0.15) is 0 Å². The van der Waals surface area contributed by atoms with Gasteiger partial charge in [0, 0.05) is 30.7 Å². The summed E-state index contributed by atoms with van der Waals surface area (Å²) in [5, 5.41) is 3.03. The normalized spacial score (nSPS) is 10.6. The molecule has 5 nitrogen and oxygen atoms in total. The first-order valence-electron chi connectivity index (χ1n) is 11.0. The van der Waals surface area contributed by atoms with Gasteiger partial charge in [-0.3, -0.25) is 0 Å². The second kappa shape index (κ2) is 10.6. The molecule has 33 heavy (non-hydrogen) atoms. The van der Waals surface area contributed by atoms with E-state index in [-0.39, 0.29) is 6.03 Å². The lowest BCUT2D eigenvalue weighted by molar-refractivity contribution is 0.205. The highest BCUT2D eigenvalue weighted by Crippen LogP contribution is 2.18. The lowest BCUT2D eigenvalue weighted by atomic mass is 10.1. The number of nitrogens with one attached hydrogen (secondary N) is 1. The van der Waals surface area contributed by atoms with E-state index in [4.69, 9.17) is 4.74 Å². The Bertz CT molecular complexity index is 1180. The Morgan fingerprint density at radius 1 is 0.879 bits per heavy atom. The fourth-order valence-corrected chi connectivity index (χ4v) is 3.79. The van der Waals surface area contributed by atoms with E-state index in [0.29, 0.717) is 13.1 Å². The smallest absolute Gasteiger partial charge is 0.322 e. The number of hydrogen-bond acceptors (Lipinski definition) is 2. The largest absolute Gasteiger partial charge is 0.497 e. The summed E-state index contributed by atoms with van der Waals surface area (Å²) in [6, 6.07) is 29.8. The molecule has 0 saturated heterocycles. The fraction of sp³-hybridized carbons (Fsp3) is 0.179. The van der Waals surface area contributed by atoms with Crippen LogP contribution in [-0.4, -0.2) is 22.6 Å². The van der Waals surface area contributed by atoms with E-state index in [0.717, 1.165) is 29.2 Å². The summed E-state index contributed by atoms with van der Waals surface area (Å²) in [5.41, 5.74) is 5.43. The van der Waals surface area contributed by atoms with Crippen molar-refractivity contribution in [2.75, 3.05) is 12.4 Å². The molecule has 1 N–H and O–H groups in total. The Labute approximate surface area is 195 Å². The van der Waals surface area contributed by atoms with Gasteiger partial charge >= 0.3 is 6.03 Å². The van der Waals surface area contributed by atoms with Crippen LogP contribution in [0.5, 0.6) is 5.75 Å². The number of aromatic nitrogens is 1. The fourth-order valence-electron chi connectivity index (χ4n) is 3.79. The Hall–Kier alpha value is -3.99. The summed E-state index contributed by atoms with van der Waals surface area (Å²) >= 11 is 0. The van der Waals surface area contributed by atoms with Crippen molar-refractivity contribution >= 4 is 11.7 Å². The van der Waals surface area contributed by atoms with E-state index in [1.165, 1.54) is 11.1 Å². The van der Waals surface area contributed by atoms with E-state index in [2.05, 4.69) is 53.3 Å². The second-order valence-electron chi connectivity index (χ2n) is 8.05. The van der Waals surface area contributed by atoms with Gasteiger partial charge in [0.2, 0.25) is 0 Å². The average molecular weight is 440 g/mol. The molecule has 0 saturated carbocycles. The van der Waals surface area contributed by atoms with Crippen LogP contribution in [0.25, 0.3) is 0 Å². The highest BCUT2D eigenvalue weighted by atomic mass is 16.5. The van der Waals surface area contributed by atoms with E-state index < -0.39 is 0 Å². The summed E-state index contributed by atoms with van der Waals surface area (Å²) < 4.78 is 7.42. The Kier molecular flexibility index (Phi) is 7.10. The number of carbonyl (C=O) groups is 1. The number of rotatable bonds is 8. The van der Waals surface area contributed by atoms with Gasteiger partial charge in [-0.25, -0.2) is 4.79 Å². The number of ether oxygens (including phenoxy) is 1. The van der Waals surface area contributed by atoms with Crippen LogP contribution in [0.4, 0.5) is 10.5 Å². The monoisotopic (exact) mass is 439 g/mol. The molecule has 4 aromatic rings. The highest BCUT2D eigenvalue weighted by molar-refractivity contribution is 5.89. The van der Waals surface area contributed by atoms with Gasteiger partial charge in [-0.05, 0) is 60.0 Å². The minimum Gasteiger partial charge on any atom is -0.497 e. The molecule has 0 aliphatic rings. The Morgan fingerprint density at radius 2 is 1.61 bits per heavy atom. The minimum atomic E-state index is -0.146. The summed E-state index contributed by atoms with van der Waals surface area (Å²) in [5.74, 6) is 0.753. The number of hydrogen-bond donors (Lipinski definition) is 1. The predicted molar refractivity (Wildman–Crippen MR) is 132 cm³/mol. The van der Waals surface area contributed by atoms with Crippen molar-refractivity contribution in [3.05, 3.63) is 120 Å².